The minimum atomic E-state index is -3.81. The van der Waals surface area contributed by atoms with Gasteiger partial charge in [0.05, 0.1) is 21.7 Å². The van der Waals surface area contributed by atoms with Crippen molar-refractivity contribution in [3.63, 3.8) is 0 Å². The topological polar surface area (TPSA) is 46.2 Å². The van der Waals surface area contributed by atoms with Gasteiger partial charge in [0.1, 0.15) is 0 Å². The minimum absolute atomic E-state index is 0.0326. The Kier molecular flexibility index (Phi) is 2.83. The van der Waals surface area contributed by atoms with Crippen molar-refractivity contribution in [1.82, 2.24) is 0 Å². The second-order valence-corrected chi connectivity index (χ2v) is 6.10. The van der Waals surface area contributed by atoms with Gasteiger partial charge in [-0.3, -0.25) is 0 Å². The molecular weight excluding hydrogens is 284 g/mol. The van der Waals surface area contributed by atoms with E-state index in [1.807, 2.05) is 0 Å². The summed E-state index contributed by atoms with van der Waals surface area (Å²) in [6, 6.07) is 10.3. The van der Waals surface area contributed by atoms with Gasteiger partial charge in [-0.2, -0.15) is 0 Å². The van der Waals surface area contributed by atoms with E-state index in [2.05, 4.69) is 5.32 Å². The molecule has 1 aliphatic heterocycles. The first-order chi connectivity index (χ1) is 9.47. The maximum Gasteiger partial charge on any atom is 0.204 e. The molecular formula is C14H9F2NO2S. The number of anilines is 1. The number of hydrogen-bond acceptors (Lipinski definition) is 3. The summed E-state index contributed by atoms with van der Waals surface area (Å²) in [6.07, 6.45) is 0. The van der Waals surface area contributed by atoms with Crippen molar-refractivity contribution in [2.24, 2.45) is 0 Å². The lowest BCUT2D eigenvalue weighted by atomic mass is 10.1. The Labute approximate surface area is 114 Å². The Morgan fingerprint density at radius 1 is 0.950 bits per heavy atom. The highest BCUT2D eigenvalue weighted by Crippen LogP contribution is 2.34. The third-order valence-corrected chi connectivity index (χ3v) is 4.45. The van der Waals surface area contributed by atoms with E-state index in [1.54, 1.807) is 30.3 Å². The fourth-order valence-corrected chi connectivity index (χ4v) is 3.33. The molecule has 1 aliphatic rings. The summed E-state index contributed by atoms with van der Waals surface area (Å²) in [7, 11) is -3.81. The second kappa shape index (κ2) is 4.42. The van der Waals surface area contributed by atoms with Gasteiger partial charge in [-0.25, -0.2) is 17.2 Å². The Morgan fingerprint density at radius 2 is 1.60 bits per heavy atom. The Bertz CT molecular complexity index is 815. The van der Waals surface area contributed by atoms with Gasteiger partial charge < -0.3 is 5.32 Å². The summed E-state index contributed by atoms with van der Waals surface area (Å²) in [4.78, 5) is -0.268. The summed E-state index contributed by atoms with van der Waals surface area (Å²) in [5.74, 6) is -2.29. The van der Waals surface area contributed by atoms with Crippen LogP contribution < -0.4 is 5.32 Å². The van der Waals surface area contributed by atoms with Crippen molar-refractivity contribution in [2.75, 3.05) is 5.32 Å². The highest BCUT2D eigenvalue weighted by atomic mass is 32.2. The van der Waals surface area contributed by atoms with Gasteiger partial charge in [0.15, 0.2) is 11.6 Å². The van der Waals surface area contributed by atoms with Gasteiger partial charge in [-0.15, -0.1) is 0 Å². The molecule has 0 fully saturated rings. The molecule has 3 rings (SSSR count). The summed E-state index contributed by atoms with van der Waals surface area (Å²) in [5.41, 5.74) is 1.00. The van der Waals surface area contributed by atoms with E-state index in [0.717, 1.165) is 11.5 Å². The number of hydrogen-bond donors (Lipinski definition) is 1. The first-order valence-corrected chi connectivity index (χ1v) is 7.30. The first-order valence-electron chi connectivity index (χ1n) is 5.76. The van der Waals surface area contributed by atoms with E-state index in [0.29, 0.717) is 17.3 Å². The summed E-state index contributed by atoms with van der Waals surface area (Å²) < 4.78 is 50.7. The molecule has 0 spiro atoms. The molecule has 0 radical (unpaired) electrons. The molecule has 0 atom stereocenters. The third kappa shape index (κ3) is 2.08. The lowest BCUT2D eigenvalue weighted by Crippen LogP contribution is -2.13. The number of fused-ring (bicyclic) bond motifs is 1. The lowest BCUT2D eigenvalue weighted by molar-refractivity contribution is 0.505. The number of halogens is 2. The van der Waals surface area contributed by atoms with Crippen LogP contribution >= 0.6 is 0 Å². The molecule has 0 unspecified atom stereocenters. The molecule has 2 aromatic carbocycles. The monoisotopic (exact) mass is 293 g/mol. The van der Waals surface area contributed by atoms with E-state index in [9.17, 15) is 17.2 Å². The molecule has 3 nitrogen and oxygen atoms in total. The summed E-state index contributed by atoms with van der Waals surface area (Å²) in [6.45, 7) is 0. The number of rotatable bonds is 1. The fraction of sp³-hybridized carbons (Fsp3) is 0. The molecule has 1 heterocycles. The van der Waals surface area contributed by atoms with E-state index in [1.165, 1.54) is 0 Å². The molecule has 6 heteroatoms. The minimum Gasteiger partial charge on any atom is -0.353 e. The third-order valence-electron chi connectivity index (χ3n) is 2.96. The van der Waals surface area contributed by atoms with Gasteiger partial charge in [0, 0.05) is 6.07 Å². The van der Waals surface area contributed by atoms with E-state index in [4.69, 9.17) is 0 Å². The molecule has 0 saturated carbocycles. The highest BCUT2D eigenvalue weighted by molar-refractivity contribution is 7.94. The molecule has 20 heavy (non-hydrogen) atoms. The summed E-state index contributed by atoms with van der Waals surface area (Å²) in [5, 5.41) is 3.83. The zero-order valence-corrected chi connectivity index (χ0v) is 10.9. The lowest BCUT2D eigenvalue weighted by Gasteiger charge is -2.19. The average Bonchev–Trinajstić information content (AvgIpc) is 2.41. The number of sulfone groups is 1. The maximum absolute atomic E-state index is 13.3. The average molecular weight is 293 g/mol. The number of nitrogens with one attached hydrogen (secondary N) is 1. The van der Waals surface area contributed by atoms with Crippen molar-refractivity contribution in [3.05, 3.63) is 65.1 Å². The van der Waals surface area contributed by atoms with Crippen LogP contribution in [-0.4, -0.2) is 8.42 Å². The Balaban J connectivity index is 2.18. The van der Waals surface area contributed by atoms with Gasteiger partial charge >= 0.3 is 0 Å². The van der Waals surface area contributed by atoms with Crippen LogP contribution in [0.2, 0.25) is 0 Å². The Hall–Kier alpha value is -2.21. The van der Waals surface area contributed by atoms with Crippen molar-refractivity contribution in [3.8, 4) is 0 Å². The van der Waals surface area contributed by atoms with Crippen LogP contribution in [0.5, 0.6) is 0 Å². The smallest absolute Gasteiger partial charge is 0.204 e. The molecule has 1 N–H and O–H groups in total. The van der Waals surface area contributed by atoms with Crippen LogP contribution in [0.3, 0.4) is 0 Å². The molecule has 2 aromatic rings. The van der Waals surface area contributed by atoms with Gasteiger partial charge in [-0.05, 0) is 11.6 Å². The fourth-order valence-electron chi connectivity index (χ4n) is 2.01. The largest absolute Gasteiger partial charge is 0.353 e. The van der Waals surface area contributed by atoms with Crippen molar-refractivity contribution in [1.29, 1.82) is 0 Å². The number of benzene rings is 2. The van der Waals surface area contributed by atoms with Crippen LogP contribution in [0.25, 0.3) is 5.70 Å². The molecule has 0 aliphatic carbocycles. The van der Waals surface area contributed by atoms with Crippen LogP contribution in [0.1, 0.15) is 5.56 Å². The standard InChI is InChI=1S/C14H9F2NO2S/c15-10-6-12-14(7-11(10)16)20(18,19)8-13(17-12)9-4-2-1-3-5-9/h1-8,17H. The first kappa shape index (κ1) is 12.8. The summed E-state index contributed by atoms with van der Waals surface area (Å²) >= 11 is 0. The van der Waals surface area contributed by atoms with Crippen LogP contribution in [0.15, 0.2) is 52.8 Å². The molecule has 102 valence electrons. The van der Waals surface area contributed by atoms with Crippen molar-refractivity contribution >= 4 is 21.2 Å². The van der Waals surface area contributed by atoms with Gasteiger partial charge in [-0.1, -0.05) is 30.3 Å². The van der Waals surface area contributed by atoms with Gasteiger partial charge in [0.2, 0.25) is 9.84 Å². The second-order valence-electron chi connectivity index (χ2n) is 4.33. The zero-order chi connectivity index (χ0) is 14.3. The van der Waals surface area contributed by atoms with Crippen LogP contribution in [-0.2, 0) is 9.84 Å². The van der Waals surface area contributed by atoms with Gasteiger partial charge in [0.25, 0.3) is 0 Å². The maximum atomic E-state index is 13.3. The van der Waals surface area contributed by atoms with Crippen molar-refractivity contribution < 1.29 is 17.2 Å². The SMILES string of the molecule is O=S1(=O)C=C(c2ccccc2)Nc2cc(F)c(F)cc21. The van der Waals surface area contributed by atoms with E-state index in [-0.39, 0.29) is 10.6 Å². The van der Waals surface area contributed by atoms with E-state index >= 15 is 0 Å². The predicted molar refractivity (Wildman–Crippen MR) is 71.6 cm³/mol. The predicted octanol–water partition coefficient (Wildman–Crippen LogP) is 3.16. The van der Waals surface area contributed by atoms with E-state index < -0.39 is 21.5 Å². The van der Waals surface area contributed by atoms with Crippen LogP contribution in [0, 0.1) is 11.6 Å². The van der Waals surface area contributed by atoms with Crippen molar-refractivity contribution in [2.45, 2.75) is 4.90 Å². The molecule has 0 aromatic heterocycles. The quantitative estimate of drug-likeness (QED) is 0.822. The highest BCUT2D eigenvalue weighted by Gasteiger charge is 2.26. The molecule has 0 saturated heterocycles. The molecule has 0 amide bonds. The Morgan fingerprint density at radius 3 is 2.30 bits per heavy atom. The zero-order valence-electron chi connectivity index (χ0n) is 10.1. The molecule has 0 bridgehead atoms. The van der Waals surface area contributed by atoms with Crippen LogP contribution in [0.4, 0.5) is 14.5 Å². The normalized spacial score (nSPS) is 16.0.